The zero-order valence-electron chi connectivity index (χ0n) is 15.7. The molecule has 0 unspecified atom stereocenters. The van der Waals surface area contributed by atoms with Gasteiger partial charge in [-0.25, -0.2) is 0 Å². The van der Waals surface area contributed by atoms with Crippen LogP contribution in [0.2, 0.25) is 0 Å². The first-order chi connectivity index (χ1) is 12.6. The van der Waals surface area contributed by atoms with Crippen LogP contribution in [-0.4, -0.2) is 37.9 Å². The highest BCUT2D eigenvalue weighted by molar-refractivity contribution is 5.76. The average Bonchev–Trinajstić information content (AvgIpc) is 3.08. The van der Waals surface area contributed by atoms with Crippen LogP contribution < -0.4 is 4.74 Å². The maximum atomic E-state index is 12.5. The highest BCUT2D eigenvalue weighted by atomic mass is 16.5. The van der Waals surface area contributed by atoms with Gasteiger partial charge in [-0.3, -0.25) is 9.48 Å². The largest absolute Gasteiger partial charge is 0.487 e. The third-order valence-electron chi connectivity index (χ3n) is 4.98. The average molecular weight is 356 g/mol. The molecule has 2 heterocycles. The summed E-state index contributed by atoms with van der Waals surface area (Å²) >= 11 is 0. The number of carbonyl (C=O) groups excluding carboxylic acids is 1. The van der Waals surface area contributed by atoms with Gasteiger partial charge in [0.1, 0.15) is 18.1 Å². The molecular formula is C20H28N4O2. The Balaban J connectivity index is 1.42. The van der Waals surface area contributed by atoms with E-state index in [1.807, 2.05) is 36.5 Å². The highest BCUT2D eigenvalue weighted by Crippen LogP contribution is 2.23. The van der Waals surface area contributed by atoms with Crippen LogP contribution in [-0.2, 0) is 17.9 Å². The number of benzene rings is 1. The van der Waals surface area contributed by atoms with Gasteiger partial charge in [-0.2, -0.15) is 0 Å². The van der Waals surface area contributed by atoms with Crippen LogP contribution in [0, 0.1) is 0 Å². The first-order valence-corrected chi connectivity index (χ1v) is 9.51. The number of carbonyl (C=O) groups is 1. The van der Waals surface area contributed by atoms with Crippen LogP contribution >= 0.6 is 0 Å². The lowest BCUT2D eigenvalue weighted by Crippen LogP contribution is -2.47. The van der Waals surface area contributed by atoms with E-state index in [0.29, 0.717) is 31.7 Å². The van der Waals surface area contributed by atoms with Crippen molar-refractivity contribution >= 4 is 5.91 Å². The quantitative estimate of drug-likeness (QED) is 0.763. The Labute approximate surface area is 155 Å². The number of ether oxygens (including phenoxy) is 1. The zero-order chi connectivity index (χ0) is 18.4. The van der Waals surface area contributed by atoms with Gasteiger partial charge in [0, 0.05) is 25.0 Å². The predicted octanol–water partition coefficient (Wildman–Crippen LogP) is 3.43. The molecule has 1 aromatic heterocycles. The second kappa shape index (κ2) is 8.83. The first kappa shape index (κ1) is 18.4. The second-order valence-corrected chi connectivity index (χ2v) is 7.11. The summed E-state index contributed by atoms with van der Waals surface area (Å²) in [6.45, 7) is 5.40. The number of aromatic nitrogens is 3. The van der Waals surface area contributed by atoms with Crippen molar-refractivity contribution in [3.63, 3.8) is 0 Å². The summed E-state index contributed by atoms with van der Waals surface area (Å²) in [6.07, 6.45) is 6.67. The monoisotopic (exact) mass is 356 g/mol. The molecule has 2 atom stereocenters. The van der Waals surface area contributed by atoms with Gasteiger partial charge >= 0.3 is 0 Å². The molecule has 1 fully saturated rings. The Morgan fingerprint density at radius 3 is 2.65 bits per heavy atom. The topological polar surface area (TPSA) is 60.2 Å². The number of hydrogen-bond donors (Lipinski definition) is 0. The Kier molecular flexibility index (Phi) is 6.26. The summed E-state index contributed by atoms with van der Waals surface area (Å²) in [5.74, 6) is 1.08. The summed E-state index contributed by atoms with van der Waals surface area (Å²) in [7, 11) is 0. The molecule has 6 heteroatoms. The fourth-order valence-electron chi connectivity index (χ4n) is 3.62. The third-order valence-corrected chi connectivity index (χ3v) is 4.98. The Morgan fingerprint density at radius 2 is 1.92 bits per heavy atom. The van der Waals surface area contributed by atoms with E-state index in [-0.39, 0.29) is 5.91 Å². The lowest BCUT2D eigenvalue weighted by atomic mass is 9.97. The molecule has 6 nitrogen and oxygen atoms in total. The SMILES string of the molecule is C[C@H]1CCC[C@H](C)N1C(=O)CCCn1cc(COc2ccccc2)nn1. The Morgan fingerprint density at radius 1 is 1.19 bits per heavy atom. The van der Waals surface area contributed by atoms with Gasteiger partial charge in [0.25, 0.3) is 0 Å². The molecule has 2 aromatic rings. The van der Waals surface area contributed by atoms with E-state index < -0.39 is 0 Å². The third kappa shape index (κ3) is 4.84. The maximum absolute atomic E-state index is 12.5. The lowest BCUT2D eigenvalue weighted by Gasteiger charge is -2.39. The molecule has 0 saturated carbocycles. The molecule has 140 valence electrons. The highest BCUT2D eigenvalue weighted by Gasteiger charge is 2.28. The van der Waals surface area contributed by atoms with E-state index in [9.17, 15) is 4.79 Å². The fraction of sp³-hybridized carbons (Fsp3) is 0.550. The standard InChI is InChI=1S/C20H28N4O2/c1-16-8-6-9-17(2)24(16)20(25)12-7-13-23-14-18(21-22-23)15-26-19-10-4-3-5-11-19/h3-5,10-11,14,16-17H,6-9,12-13,15H2,1-2H3/t16-,17-/m0/s1. The van der Waals surface area contributed by atoms with Crippen LogP contribution in [0.1, 0.15) is 51.6 Å². The van der Waals surface area contributed by atoms with Crippen LogP contribution in [0.15, 0.2) is 36.5 Å². The number of hydrogen-bond acceptors (Lipinski definition) is 4. The number of nitrogens with zero attached hydrogens (tertiary/aromatic N) is 4. The molecule has 1 aliphatic heterocycles. The number of para-hydroxylation sites is 1. The Hall–Kier alpha value is -2.37. The van der Waals surface area contributed by atoms with Crippen molar-refractivity contribution in [1.82, 2.24) is 19.9 Å². The minimum absolute atomic E-state index is 0.262. The number of amides is 1. The summed E-state index contributed by atoms with van der Waals surface area (Å²) in [5.41, 5.74) is 0.790. The minimum Gasteiger partial charge on any atom is -0.487 e. The van der Waals surface area contributed by atoms with Gasteiger partial charge in [-0.05, 0) is 51.7 Å². The summed E-state index contributed by atoms with van der Waals surface area (Å²) in [4.78, 5) is 14.6. The van der Waals surface area contributed by atoms with E-state index in [1.54, 1.807) is 4.68 Å². The van der Waals surface area contributed by atoms with E-state index in [2.05, 4.69) is 29.1 Å². The number of rotatable bonds is 7. The molecule has 0 aliphatic carbocycles. The minimum atomic E-state index is 0.262. The van der Waals surface area contributed by atoms with Crippen LogP contribution in [0.25, 0.3) is 0 Å². The van der Waals surface area contributed by atoms with Gasteiger partial charge in [0.2, 0.25) is 5.91 Å². The first-order valence-electron chi connectivity index (χ1n) is 9.51. The summed E-state index contributed by atoms with van der Waals surface area (Å²) in [5, 5.41) is 8.27. The van der Waals surface area contributed by atoms with Crippen molar-refractivity contribution < 1.29 is 9.53 Å². The molecule has 1 saturated heterocycles. The summed E-state index contributed by atoms with van der Waals surface area (Å²) < 4.78 is 7.47. The predicted molar refractivity (Wildman–Crippen MR) is 99.7 cm³/mol. The number of likely N-dealkylation sites (tertiary alicyclic amines) is 1. The lowest BCUT2D eigenvalue weighted by molar-refractivity contribution is -0.137. The molecule has 0 N–H and O–H groups in total. The molecule has 1 amide bonds. The number of piperidine rings is 1. The van der Waals surface area contributed by atoms with E-state index in [1.165, 1.54) is 6.42 Å². The molecule has 1 aliphatic rings. The van der Waals surface area contributed by atoms with E-state index in [0.717, 1.165) is 30.7 Å². The normalized spacial score (nSPS) is 20.2. The van der Waals surface area contributed by atoms with Crippen molar-refractivity contribution in [2.45, 2.75) is 71.2 Å². The molecule has 1 aromatic carbocycles. The molecule has 3 rings (SSSR count). The van der Waals surface area contributed by atoms with Crippen molar-refractivity contribution in [3.05, 3.63) is 42.2 Å². The van der Waals surface area contributed by atoms with Crippen molar-refractivity contribution in [3.8, 4) is 5.75 Å². The van der Waals surface area contributed by atoms with Crippen molar-refractivity contribution in [1.29, 1.82) is 0 Å². The Bertz CT molecular complexity index is 691. The molecule has 0 spiro atoms. The maximum Gasteiger partial charge on any atom is 0.223 e. The van der Waals surface area contributed by atoms with E-state index >= 15 is 0 Å². The smallest absolute Gasteiger partial charge is 0.223 e. The van der Waals surface area contributed by atoms with Crippen LogP contribution in [0.4, 0.5) is 0 Å². The molecule has 0 radical (unpaired) electrons. The molecular weight excluding hydrogens is 328 g/mol. The van der Waals surface area contributed by atoms with Gasteiger partial charge < -0.3 is 9.64 Å². The van der Waals surface area contributed by atoms with Crippen molar-refractivity contribution in [2.24, 2.45) is 0 Å². The molecule has 0 bridgehead atoms. The van der Waals surface area contributed by atoms with Gasteiger partial charge in [-0.15, -0.1) is 5.10 Å². The van der Waals surface area contributed by atoms with Crippen LogP contribution in [0.3, 0.4) is 0 Å². The van der Waals surface area contributed by atoms with Gasteiger partial charge in [-0.1, -0.05) is 23.4 Å². The summed E-state index contributed by atoms with van der Waals surface area (Å²) in [6, 6.07) is 10.4. The van der Waals surface area contributed by atoms with Crippen molar-refractivity contribution in [2.75, 3.05) is 0 Å². The van der Waals surface area contributed by atoms with E-state index in [4.69, 9.17) is 4.74 Å². The van der Waals surface area contributed by atoms with Gasteiger partial charge in [0.15, 0.2) is 0 Å². The number of aryl methyl sites for hydroxylation is 1. The second-order valence-electron chi connectivity index (χ2n) is 7.11. The van der Waals surface area contributed by atoms with Gasteiger partial charge in [0.05, 0.1) is 6.20 Å². The van der Waals surface area contributed by atoms with Crippen LogP contribution in [0.5, 0.6) is 5.75 Å². The fourth-order valence-corrected chi connectivity index (χ4v) is 3.62. The zero-order valence-corrected chi connectivity index (χ0v) is 15.7. The molecule has 26 heavy (non-hydrogen) atoms.